The van der Waals surface area contributed by atoms with Crippen molar-refractivity contribution in [1.29, 1.82) is 0 Å². The van der Waals surface area contributed by atoms with Gasteiger partial charge in [0.1, 0.15) is 12.4 Å². The highest BCUT2D eigenvalue weighted by atomic mass is 32.1. The number of anilines is 2. The molecule has 6 nitrogen and oxygen atoms in total. The van der Waals surface area contributed by atoms with Crippen molar-refractivity contribution in [2.75, 3.05) is 30.4 Å². The number of nitrogens with zero attached hydrogens (tertiary/aromatic N) is 3. The maximum atomic E-state index is 13.9. The van der Waals surface area contributed by atoms with E-state index in [2.05, 4.69) is 19.6 Å². The van der Waals surface area contributed by atoms with E-state index in [4.69, 9.17) is 4.74 Å². The van der Waals surface area contributed by atoms with Gasteiger partial charge < -0.3 is 20.1 Å². The van der Waals surface area contributed by atoms with Crippen LogP contribution in [0.3, 0.4) is 0 Å². The lowest BCUT2D eigenvalue weighted by molar-refractivity contribution is 0.145. The second kappa shape index (κ2) is 8.07. The smallest absolute Gasteiger partial charge is 0.203 e. The van der Waals surface area contributed by atoms with E-state index < -0.39 is 0 Å². The Morgan fingerprint density at radius 3 is 2.92 bits per heavy atom. The number of nitrogens with one attached hydrogen (secondary N) is 1. The fraction of sp³-hybridized carbons (Fsp3) is 0.529. The van der Waals surface area contributed by atoms with Crippen molar-refractivity contribution in [3.8, 4) is 0 Å². The number of aliphatic hydroxyl groups is 1. The van der Waals surface area contributed by atoms with Crippen molar-refractivity contribution in [2.45, 2.75) is 38.5 Å². The molecule has 0 radical (unpaired) electrons. The molecular formula is C17H23FN4O2S. The van der Waals surface area contributed by atoms with Gasteiger partial charge in [0.05, 0.1) is 12.1 Å². The standard InChI is InChI=1S/C17H23FN4O2S/c1-11(19-17-20-16(10-24-2)21-25-17)14-9-12(18)3-4-15(14)22-7-5-13(23)6-8-22/h3-4,9,11,13,23H,5-8,10H2,1-2H3,(H,19,20,21). The summed E-state index contributed by atoms with van der Waals surface area (Å²) in [6.07, 6.45) is 1.22. The average molecular weight is 366 g/mol. The highest BCUT2D eigenvalue weighted by Gasteiger charge is 2.22. The van der Waals surface area contributed by atoms with E-state index >= 15 is 0 Å². The van der Waals surface area contributed by atoms with Crippen molar-refractivity contribution in [2.24, 2.45) is 0 Å². The molecule has 2 N–H and O–H groups in total. The summed E-state index contributed by atoms with van der Waals surface area (Å²) in [7, 11) is 1.60. The average Bonchev–Trinajstić information content (AvgIpc) is 3.03. The Hall–Kier alpha value is -1.77. The summed E-state index contributed by atoms with van der Waals surface area (Å²) in [5.74, 6) is 0.369. The molecule has 0 amide bonds. The fourth-order valence-corrected chi connectivity index (χ4v) is 3.69. The normalized spacial score (nSPS) is 16.9. The number of piperidine rings is 1. The van der Waals surface area contributed by atoms with Crippen molar-refractivity contribution in [1.82, 2.24) is 9.36 Å². The topological polar surface area (TPSA) is 70.5 Å². The summed E-state index contributed by atoms with van der Waals surface area (Å²) in [6, 6.07) is 4.74. The maximum absolute atomic E-state index is 13.9. The third-order valence-corrected chi connectivity index (χ3v) is 5.03. The maximum Gasteiger partial charge on any atom is 0.203 e. The summed E-state index contributed by atoms with van der Waals surface area (Å²) in [4.78, 5) is 6.58. The SMILES string of the molecule is COCc1nsc(NC(C)c2cc(F)ccc2N2CCC(O)CC2)n1. The minimum Gasteiger partial charge on any atom is -0.393 e. The summed E-state index contributed by atoms with van der Waals surface area (Å²) in [5.41, 5.74) is 1.87. The molecule has 2 heterocycles. The van der Waals surface area contributed by atoms with Crippen LogP contribution in [0.25, 0.3) is 0 Å². The van der Waals surface area contributed by atoms with Crippen molar-refractivity contribution in [3.05, 3.63) is 35.4 Å². The largest absolute Gasteiger partial charge is 0.393 e. The lowest BCUT2D eigenvalue weighted by Crippen LogP contribution is -2.36. The number of rotatable bonds is 6. The van der Waals surface area contributed by atoms with Gasteiger partial charge in [-0.25, -0.2) is 9.37 Å². The molecular weight excluding hydrogens is 343 g/mol. The number of methoxy groups -OCH3 is 1. The van der Waals surface area contributed by atoms with Crippen LogP contribution in [0.15, 0.2) is 18.2 Å². The predicted molar refractivity (Wildman–Crippen MR) is 96.5 cm³/mol. The lowest BCUT2D eigenvalue weighted by atomic mass is 10.0. The Kier molecular flexibility index (Phi) is 5.82. The monoisotopic (exact) mass is 366 g/mol. The number of aliphatic hydroxyl groups excluding tert-OH is 1. The Balaban J connectivity index is 1.78. The number of hydrogen-bond acceptors (Lipinski definition) is 7. The molecule has 1 atom stereocenters. The van der Waals surface area contributed by atoms with Crippen LogP contribution in [0, 0.1) is 5.82 Å². The molecule has 1 aromatic carbocycles. The van der Waals surface area contributed by atoms with Gasteiger partial charge in [-0.15, -0.1) is 0 Å². The molecule has 8 heteroatoms. The van der Waals surface area contributed by atoms with E-state index in [1.54, 1.807) is 13.2 Å². The van der Waals surface area contributed by atoms with E-state index in [1.807, 2.05) is 13.0 Å². The third-order valence-electron chi connectivity index (χ3n) is 4.34. The van der Waals surface area contributed by atoms with Crippen LogP contribution in [0.5, 0.6) is 0 Å². The molecule has 3 rings (SSSR count). The van der Waals surface area contributed by atoms with Crippen molar-refractivity contribution >= 4 is 22.4 Å². The zero-order valence-electron chi connectivity index (χ0n) is 14.4. The van der Waals surface area contributed by atoms with Crippen LogP contribution in [0.4, 0.5) is 15.2 Å². The van der Waals surface area contributed by atoms with E-state index in [-0.39, 0.29) is 18.0 Å². The number of benzene rings is 1. The van der Waals surface area contributed by atoms with E-state index in [0.29, 0.717) is 17.6 Å². The predicted octanol–water partition coefficient (Wildman–Crippen LogP) is 2.96. The highest BCUT2D eigenvalue weighted by molar-refractivity contribution is 7.09. The van der Waals surface area contributed by atoms with Crippen LogP contribution in [0.1, 0.15) is 37.2 Å². The molecule has 136 valence electrons. The minimum absolute atomic E-state index is 0.124. The number of halogens is 1. The Labute approximate surface area is 150 Å². The van der Waals surface area contributed by atoms with Crippen molar-refractivity contribution in [3.63, 3.8) is 0 Å². The van der Waals surface area contributed by atoms with Gasteiger partial charge in [0.2, 0.25) is 5.13 Å². The van der Waals surface area contributed by atoms with Gasteiger partial charge in [0.25, 0.3) is 0 Å². The zero-order chi connectivity index (χ0) is 17.8. The molecule has 25 heavy (non-hydrogen) atoms. The molecule has 1 fully saturated rings. The van der Waals surface area contributed by atoms with Gasteiger partial charge in [-0.05, 0) is 38.0 Å². The van der Waals surface area contributed by atoms with Gasteiger partial charge in [-0.2, -0.15) is 4.37 Å². The van der Waals surface area contributed by atoms with Crippen LogP contribution in [-0.4, -0.2) is 40.8 Å². The molecule has 0 spiro atoms. The molecule has 0 saturated carbocycles. The fourth-order valence-electron chi connectivity index (χ4n) is 3.03. The van der Waals surface area contributed by atoms with E-state index in [1.165, 1.54) is 17.6 Å². The highest BCUT2D eigenvalue weighted by Crippen LogP contribution is 2.31. The summed E-state index contributed by atoms with van der Waals surface area (Å²) >= 11 is 1.27. The van der Waals surface area contributed by atoms with Crippen LogP contribution < -0.4 is 10.2 Å². The first-order chi connectivity index (χ1) is 12.1. The number of hydrogen-bond donors (Lipinski definition) is 2. The van der Waals surface area contributed by atoms with Gasteiger partial charge in [-0.1, -0.05) is 0 Å². The van der Waals surface area contributed by atoms with Gasteiger partial charge in [0, 0.05) is 43.0 Å². The van der Waals surface area contributed by atoms with Gasteiger partial charge in [0.15, 0.2) is 5.82 Å². The first kappa shape index (κ1) is 18.0. The quantitative estimate of drug-likeness (QED) is 0.819. The van der Waals surface area contributed by atoms with Crippen LogP contribution in [-0.2, 0) is 11.3 Å². The molecule has 1 aromatic heterocycles. The third kappa shape index (κ3) is 4.45. The van der Waals surface area contributed by atoms with Crippen LogP contribution in [0.2, 0.25) is 0 Å². The van der Waals surface area contributed by atoms with Crippen molar-refractivity contribution < 1.29 is 14.2 Å². The van der Waals surface area contributed by atoms with E-state index in [9.17, 15) is 9.50 Å². The lowest BCUT2D eigenvalue weighted by Gasteiger charge is -2.34. The molecule has 0 bridgehead atoms. The molecule has 2 aromatic rings. The number of aromatic nitrogens is 2. The molecule has 0 aliphatic carbocycles. The second-order valence-corrected chi connectivity index (χ2v) is 6.99. The Morgan fingerprint density at radius 2 is 2.20 bits per heavy atom. The molecule has 1 saturated heterocycles. The van der Waals surface area contributed by atoms with E-state index in [0.717, 1.165) is 37.2 Å². The molecule has 1 unspecified atom stereocenters. The number of ether oxygens (including phenoxy) is 1. The summed E-state index contributed by atoms with van der Waals surface area (Å²) in [6.45, 7) is 3.88. The summed E-state index contributed by atoms with van der Waals surface area (Å²) in [5, 5.41) is 13.7. The zero-order valence-corrected chi connectivity index (χ0v) is 15.2. The van der Waals surface area contributed by atoms with Gasteiger partial charge >= 0.3 is 0 Å². The van der Waals surface area contributed by atoms with Crippen LogP contribution >= 0.6 is 11.5 Å². The minimum atomic E-state index is -0.262. The summed E-state index contributed by atoms with van der Waals surface area (Å²) < 4.78 is 23.1. The Bertz CT molecular complexity index is 704. The molecule has 1 aliphatic rings. The van der Waals surface area contributed by atoms with Gasteiger partial charge in [-0.3, -0.25) is 0 Å². The second-order valence-electron chi connectivity index (χ2n) is 6.24. The first-order valence-corrected chi connectivity index (χ1v) is 9.14. The Morgan fingerprint density at radius 1 is 1.44 bits per heavy atom. The first-order valence-electron chi connectivity index (χ1n) is 8.37. The molecule has 1 aliphatic heterocycles.